The number of aliphatic hydroxyl groups excluding tert-OH is 3. The number of rotatable bonds is 62. The molecule has 424 valence electrons. The molecule has 5 nitrogen and oxygen atoms in total. The minimum absolute atomic E-state index is 0.145. The van der Waals surface area contributed by atoms with Crippen molar-refractivity contribution in [2.24, 2.45) is 0 Å². The number of unbranched alkanes of at least 4 members (excludes halogenated alkanes) is 52. The maximum absolute atomic E-state index is 12.6. The SMILES string of the molecule is CCCCCCCCCCCCCCCCCCCCC/C=C/CCCC(O)C(O)C(CO)NC(=O)CCCCCCCCCCCCCCCCCCCCCCCCCCCCCCCCCCC. The van der Waals surface area contributed by atoms with Crippen LogP contribution in [0.15, 0.2) is 12.2 Å². The topological polar surface area (TPSA) is 89.8 Å². The summed E-state index contributed by atoms with van der Waals surface area (Å²) in [5.74, 6) is -0.145. The van der Waals surface area contributed by atoms with Gasteiger partial charge in [0, 0.05) is 6.42 Å². The average Bonchev–Trinajstić information content (AvgIpc) is 3.37. The van der Waals surface area contributed by atoms with Crippen molar-refractivity contribution in [3.8, 4) is 0 Å². The zero-order valence-corrected chi connectivity index (χ0v) is 48.6. The minimum atomic E-state index is -1.16. The molecule has 3 unspecified atom stereocenters. The molecular weight excluding hydrogens is 871 g/mol. The van der Waals surface area contributed by atoms with E-state index in [2.05, 4.69) is 31.3 Å². The van der Waals surface area contributed by atoms with E-state index in [1.807, 2.05) is 0 Å². The smallest absolute Gasteiger partial charge is 0.220 e. The van der Waals surface area contributed by atoms with E-state index in [4.69, 9.17) is 0 Å². The highest BCUT2D eigenvalue weighted by atomic mass is 16.3. The molecule has 0 saturated carbocycles. The monoisotopic (exact) mass is 1000 g/mol. The van der Waals surface area contributed by atoms with Crippen LogP contribution in [0.5, 0.6) is 0 Å². The van der Waals surface area contributed by atoms with Gasteiger partial charge in [0.1, 0.15) is 6.10 Å². The fraction of sp³-hybridized carbons (Fsp3) is 0.955. The van der Waals surface area contributed by atoms with Crippen LogP contribution >= 0.6 is 0 Å². The van der Waals surface area contributed by atoms with Gasteiger partial charge in [-0.1, -0.05) is 347 Å². The number of nitrogens with one attached hydrogen (secondary N) is 1. The van der Waals surface area contributed by atoms with Crippen LogP contribution in [0.4, 0.5) is 0 Å². The third kappa shape index (κ3) is 56.7. The molecular formula is C66H131NO4. The van der Waals surface area contributed by atoms with Crippen molar-refractivity contribution in [3.05, 3.63) is 12.2 Å². The van der Waals surface area contributed by atoms with Gasteiger partial charge in [-0.15, -0.1) is 0 Å². The lowest BCUT2D eigenvalue weighted by molar-refractivity contribution is -0.124. The lowest BCUT2D eigenvalue weighted by Gasteiger charge is -2.26. The van der Waals surface area contributed by atoms with Crippen LogP contribution in [0.3, 0.4) is 0 Å². The molecule has 0 aliphatic heterocycles. The molecule has 0 fully saturated rings. The molecule has 0 aromatic carbocycles. The Balaban J connectivity index is 3.47. The summed E-state index contributed by atoms with van der Waals surface area (Å²) >= 11 is 0. The zero-order valence-electron chi connectivity index (χ0n) is 48.6. The Kier molecular flexibility index (Phi) is 60.8. The summed E-state index contributed by atoms with van der Waals surface area (Å²) in [6.07, 6.45) is 78.5. The van der Waals surface area contributed by atoms with Gasteiger partial charge in [0.05, 0.1) is 18.8 Å². The van der Waals surface area contributed by atoms with Crippen molar-refractivity contribution in [2.45, 2.75) is 398 Å². The lowest BCUT2D eigenvalue weighted by atomic mass is 10.0. The summed E-state index contributed by atoms with van der Waals surface area (Å²) in [4.78, 5) is 12.6. The van der Waals surface area contributed by atoms with E-state index in [9.17, 15) is 20.1 Å². The second-order valence-electron chi connectivity index (χ2n) is 23.0. The van der Waals surface area contributed by atoms with E-state index >= 15 is 0 Å². The second-order valence-corrected chi connectivity index (χ2v) is 23.0. The van der Waals surface area contributed by atoms with Gasteiger partial charge in [0.2, 0.25) is 5.91 Å². The summed E-state index contributed by atoms with van der Waals surface area (Å²) in [6, 6.07) is -0.823. The molecule has 5 heteroatoms. The molecule has 0 aliphatic carbocycles. The van der Waals surface area contributed by atoms with Crippen LogP contribution in [-0.4, -0.2) is 46.1 Å². The molecule has 0 aromatic rings. The molecule has 1 amide bonds. The zero-order chi connectivity index (χ0) is 51.4. The van der Waals surface area contributed by atoms with E-state index in [1.54, 1.807) is 0 Å². The summed E-state index contributed by atoms with van der Waals surface area (Å²) in [5.41, 5.74) is 0. The summed E-state index contributed by atoms with van der Waals surface area (Å²) in [5, 5.41) is 33.9. The fourth-order valence-corrected chi connectivity index (χ4v) is 10.8. The first-order valence-corrected chi connectivity index (χ1v) is 33.0. The predicted molar refractivity (Wildman–Crippen MR) is 315 cm³/mol. The first-order valence-electron chi connectivity index (χ1n) is 33.0. The normalized spacial score (nSPS) is 13.1. The van der Waals surface area contributed by atoms with Gasteiger partial charge in [0.25, 0.3) is 0 Å². The summed E-state index contributed by atoms with van der Waals surface area (Å²) in [7, 11) is 0. The van der Waals surface area contributed by atoms with Gasteiger partial charge in [0.15, 0.2) is 0 Å². The van der Waals surface area contributed by atoms with Crippen molar-refractivity contribution in [1.82, 2.24) is 5.32 Å². The largest absolute Gasteiger partial charge is 0.394 e. The summed E-state index contributed by atoms with van der Waals surface area (Å²) < 4.78 is 0. The number of amides is 1. The van der Waals surface area contributed by atoms with E-state index < -0.39 is 18.2 Å². The van der Waals surface area contributed by atoms with Crippen LogP contribution in [0.1, 0.15) is 380 Å². The first-order chi connectivity index (χ1) is 35.1. The Morgan fingerprint density at radius 2 is 0.563 bits per heavy atom. The Labute approximate surface area is 446 Å². The molecule has 0 radical (unpaired) electrons. The Bertz CT molecular complexity index is 1020. The van der Waals surface area contributed by atoms with E-state index in [-0.39, 0.29) is 12.5 Å². The fourth-order valence-electron chi connectivity index (χ4n) is 10.8. The average molecular weight is 1000 g/mol. The van der Waals surface area contributed by atoms with E-state index in [0.717, 1.165) is 38.5 Å². The van der Waals surface area contributed by atoms with Crippen molar-refractivity contribution >= 4 is 5.91 Å². The third-order valence-corrected chi connectivity index (χ3v) is 15.9. The molecule has 0 aromatic heterocycles. The lowest BCUT2D eigenvalue weighted by Crippen LogP contribution is -2.50. The van der Waals surface area contributed by atoms with Gasteiger partial charge < -0.3 is 20.6 Å². The van der Waals surface area contributed by atoms with Crippen LogP contribution in [-0.2, 0) is 4.79 Å². The highest BCUT2D eigenvalue weighted by Gasteiger charge is 2.26. The van der Waals surface area contributed by atoms with Crippen molar-refractivity contribution in [2.75, 3.05) is 6.61 Å². The molecule has 0 rings (SSSR count). The molecule has 3 atom stereocenters. The standard InChI is InChI=1S/C66H131NO4/c1-3-5-7-9-11-13-15-17-19-21-23-25-27-29-30-31-32-33-34-35-36-37-39-41-43-45-47-49-51-53-55-57-59-61-65(70)67-63(62-68)66(71)64(69)60-58-56-54-52-50-48-46-44-42-40-38-28-26-24-22-20-18-16-14-12-10-8-6-4-2/h52,54,63-64,66,68-69,71H,3-51,53,55-62H2,1-2H3,(H,67,70)/b54-52+. The molecule has 0 aliphatic rings. The van der Waals surface area contributed by atoms with Gasteiger partial charge in [-0.25, -0.2) is 0 Å². The van der Waals surface area contributed by atoms with Crippen molar-refractivity contribution in [3.63, 3.8) is 0 Å². The van der Waals surface area contributed by atoms with Gasteiger partial charge in [-0.05, 0) is 38.5 Å². The first kappa shape index (κ1) is 70.1. The quantitative estimate of drug-likeness (QED) is 0.0361. The number of aliphatic hydroxyl groups is 3. The van der Waals surface area contributed by atoms with Gasteiger partial charge in [-0.3, -0.25) is 4.79 Å². The predicted octanol–water partition coefficient (Wildman–Crippen LogP) is 21.0. The number of carbonyl (C=O) groups is 1. The molecule has 0 spiro atoms. The highest BCUT2D eigenvalue weighted by Crippen LogP contribution is 2.19. The van der Waals surface area contributed by atoms with Crippen LogP contribution in [0.25, 0.3) is 0 Å². The molecule has 0 bridgehead atoms. The van der Waals surface area contributed by atoms with Crippen molar-refractivity contribution < 1.29 is 20.1 Å². The van der Waals surface area contributed by atoms with E-state index in [0.29, 0.717) is 12.8 Å². The number of allylic oxidation sites excluding steroid dienone is 2. The second kappa shape index (κ2) is 61.6. The maximum atomic E-state index is 12.6. The minimum Gasteiger partial charge on any atom is -0.394 e. The van der Waals surface area contributed by atoms with Crippen molar-refractivity contribution in [1.29, 1.82) is 0 Å². The Morgan fingerprint density at radius 1 is 0.338 bits per heavy atom. The highest BCUT2D eigenvalue weighted by molar-refractivity contribution is 5.76. The van der Waals surface area contributed by atoms with Gasteiger partial charge >= 0.3 is 0 Å². The maximum Gasteiger partial charge on any atom is 0.220 e. The summed E-state index contributed by atoms with van der Waals surface area (Å²) in [6.45, 7) is 4.22. The van der Waals surface area contributed by atoms with Gasteiger partial charge in [-0.2, -0.15) is 0 Å². The molecule has 0 heterocycles. The number of hydrogen-bond donors (Lipinski definition) is 4. The van der Waals surface area contributed by atoms with E-state index in [1.165, 1.54) is 315 Å². The van der Waals surface area contributed by atoms with Crippen LogP contribution in [0, 0.1) is 0 Å². The number of hydrogen-bond acceptors (Lipinski definition) is 4. The third-order valence-electron chi connectivity index (χ3n) is 15.9. The van der Waals surface area contributed by atoms with Crippen LogP contribution in [0.2, 0.25) is 0 Å². The number of carbonyl (C=O) groups excluding carboxylic acids is 1. The molecule has 0 saturated heterocycles. The molecule has 71 heavy (non-hydrogen) atoms. The van der Waals surface area contributed by atoms with Crippen LogP contribution < -0.4 is 5.32 Å². The molecule has 4 N–H and O–H groups in total. The Hall–Kier alpha value is -0.910. The Morgan fingerprint density at radius 3 is 0.817 bits per heavy atom.